The predicted octanol–water partition coefficient (Wildman–Crippen LogP) is 2.02. The predicted molar refractivity (Wildman–Crippen MR) is 77.5 cm³/mol. The summed E-state index contributed by atoms with van der Waals surface area (Å²) in [4.78, 5) is 14.2. The molecule has 1 atom stereocenters. The average Bonchev–Trinajstić information content (AvgIpc) is 2.52. The van der Waals surface area contributed by atoms with E-state index in [2.05, 4.69) is 0 Å². The van der Waals surface area contributed by atoms with Crippen LogP contribution in [0, 0.1) is 5.82 Å². The highest BCUT2D eigenvalue weighted by atomic mass is 19.1. The first-order valence-corrected chi connectivity index (χ1v) is 7.43. The van der Waals surface area contributed by atoms with Gasteiger partial charge in [-0.3, -0.25) is 4.79 Å². The standard InChI is InChI=1S/C16H22FNO3/c1-2-7-18(16(19)15-12-20-9-10-21-15)8-6-13-4-3-5-14(17)11-13/h3-5,11,15H,2,6-10,12H2,1H3. The molecule has 0 radical (unpaired) electrons. The molecule has 0 aliphatic carbocycles. The first-order chi connectivity index (χ1) is 10.2. The lowest BCUT2D eigenvalue weighted by Gasteiger charge is -2.29. The van der Waals surface area contributed by atoms with Crippen molar-refractivity contribution in [1.82, 2.24) is 4.90 Å². The van der Waals surface area contributed by atoms with E-state index in [9.17, 15) is 9.18 Å². The molecule has 1 heterocycles. The number of nitrogens with zero attached hydrogens (tertiary/aromatic N) is 1. The molecule has 1 aliphatic rings. The van der Waals surface area contributed by atoms with Gasteiger partial charge in [0.25, 0.3) is 5.91 Å². The van der Waals surface area contributed by atoms with Crippen molar-refractivity contribution in [2.24, 2.45) is 0 Å². The van der Waals surface area contributed by atoms with E-state index in [1.165, 1.54) is 12.1 Å². The number of carbonyl (C=O) groups is 1. The van der Waals surface area contributed by atoms with Gasteiger partial charge in [0.15, 0.2) is 6.10 Å². The van der Waals surface area contributed by atoms with Gasteiger partial charge in [-0.1, -0.05) is 19.1 Å². The maximum Gasteiger partial charge on any atom is 0.254 e. The zero-order valence-corrected chi connectivity index (χ0v) is 12.4. The summed E-state index contributed by atoms with van der Waals surface area (Å²) in [6, 6.07) is 6.49. The van der Waals surface area contributed by atoms with Crippen LogP contribution in [-0.2, 0) is 20.7 Å². The van der Waals surface area contributed by atoms with E-state index < -0.39 is 6.10 Å². The molecule has 4 nitrogen and oxygen atoms in total. The molecule has 1 saturated heterocycles. The van der Waals surface area contributed by atoms with Gasteiger partial charge >= 0.3 is 0 Å². The molecule has 0 saturated carbocycles. The lowest BCUT2D eigenvalue weighted by Crippen LogP contribution is -2.46. The fraction of sp³-hybridized carbons (Fsp3) is 0.562. The van der Waals surface area contributed by atoms with Gasteiger partial charge < -0.3 is 14.4 Å². The van der Waals surface area contributed by atoms with Crippen molar-refractivity contribution < 1.29 is 18.7 Å². The van der Waals surface area contributed by atoms with Crippen LogP contribution in [0.3, 0.4) is 0 Å². The van der Waals surface area contributed by atoms with E-state index in [0.29, 0.717) is 39.3 Å². The fourth-order valence-electron chi connectivity index (χ4n) is 2.39. The summed E-state index contributed by atoms with van der Waals surface area (Å²) in [5.41, 5.74) is 0.893. The SMILES string of the molecule is CCCN(CCc1cccc(F)c1)C(=O)C1COCCO1. The Morgan fingerprint density at radius 3 is 2.90 bits per heavy atom. The van der Waals surface area contributed by atoms with Crippen LogP contribution in [0.4, 0.5) is 4.39 Å². The van der Waals surface area contributed by atoms with Crippen LogP contribution in [0.5, 0.6) is 0 Å². The zero-order chi connectivity index (χ0) is 15.1. The van der Waals surface area contributed by atoms with E-state index in [1.807, 2.05) is 13.0 Å². The van der Waals surface area contributed by atoms with Crippen LogP contribution >= 0.6 is 0 Å². The highest BCUT2D eigenvalue weighted by Gasteiger charge is 2.26. The van der Waals surface area contributed by atoms with E-state index in [-0.39, 0.29) is 11.7 Å². The van der Waals surface area contributed by atoms with Gasteiger partial charge in [-0.2, -0.15) is 0 Å². The minimum atomic E-state index is -0.502. The normalized spacial score (nSPS) is 18.5. The second-order valence-corrected chi connectivity index (χ2v) is 5.14. The minimum absolute atomic E-state index is 0.0343. The van der Waals surface area contributed by atoms with Gasteiger partial charge in [-0.15, -0.1) is 0 Å². The molecule has 5 heteroatoms. The molecule has 1 amide bonds. The lowest BCUT2D eigenvalue weighted by atomic mass is 10.1. The number of carbonyl (C=O) groups excluding carboxylic acids is 1. The molecule has 0 bridgehead atoms. The van der Waals surface area contributed by atoms with Crippen LogP contribution in [-0.4, -0.2) is 49.8 Å². The number of halogens is 1. The molecule has 0 N–H and O–H groups in total. The Hall–Kier alpha value is -1.46. The van der Waals surface area contributed by atoms with E-state index >= 15 is 0 Å². The number of benzene rings is 1. The molecule has 0 aromatic heterocycles. The zero-order valence-electron chi connectivity index (χ0n) is 12.4. The Morgan fingerprint density at radius 1 is 1.38 bits per heavy atom. The monoisotopic (exact) mass is 295 g/mol. The van der Waals surface area contributed by atoms with Gasteiger partial charge in [0.05, 0.1) is 19.8 Å². The number of rotatable bonds is 6. The van der Waals surface area contributed by atoms with Crippen LogP contribution in [0.25, 0.3) is 0 Å². The number of amides is 1. The summed E-state index contributed by atoms with van der Waals surface area (Å²) in [6.07, 6.45) is 1.01. The van der Waals surface area contributed by atoms with Crippen molar-refractivity contribution in [2.45, 2.75) is 25.9 Å². The third-order valence-electron chi connectivity index (χ3n) is 3.46. The van der Waals surface area contributed by atoms with Gasteiger partial charge in [-0.05, 0) is 30.5 Å². The summed E-state index contributed by atoms with van der Waals surface area (Å²) in [5, 5.41) is 0. The van der Waals surface area contributed by atoms with Crippen LogP contribution in [0.1, 0.15) is 18.9 Å². The van der Waals surface area contributed by atoms with Crippen molar-refractivity contribution in [1.29, 1.82) is 0 Å². The van der Waals surface area contributed by atoms with E-state index in [4.69, 9.17) is 9.47 Å². The maximum atomic E-state index is 13.2. The first kappa shape index (κ1) is 15.9. The maximum absolute atomic E-state index is 13.2. The summed E-state index contributed by atoms with van der Waals surface area (Å²) >= 11 is 0. The third kappa shape index (κ3) is 4.79. The Kier molecular flexibility index (Phi) is 6.14. The summed E-state index contributed by atoms with van der Waals surface area (Å²) in [5.74, 6) is -0.280. The summed E-state index contributed by atoms with van der Waals surface area (Å²) in [7, 11) is 0. The molecular weight excluding hydrogens is 273 g/mol. The van der Waals surface area contributed by atoms with Gasteiger partial charge in [0, 0.05) is 13.1 Å². The first-order valence-electron chi connectivity index (χ1n) is 7.43. The molecule has 21 heavy (non-hydrogen) atoms. The third-order valence-corrected chi connectivity index (χ3v) is 3.46. The number of ether oxygens (including phenoxy) is 2. The molecule has 1 aromatic rings. The molecule has 1 aliphatic heterocycles. The summed E-state index contributed by atoms with van der Waals surface area (Å²) in [6.45, 7) is 4.59. The smallest absolute Gasteiger partial charge is 0.254 e. The highest BCUT2D eigenvalue weighted by molar-refractivity contribution is 5.81. The van der Waals surface area contributed by atoms with Gasteiger partial charge in [-0.25, -0.2) is 4.39 Å². The van der Waals surface area contributed by atoms with Crippen molar-refractivity contribution >= 4 is 5.91 Å². The van der Waals surface area contributed by atoms with Crippen molar-refractivity contribution in [3.63, 3.8) is 0 Å². The number of hydrogen-bond donors (Lipinski definition) is 0. The Labute approximate surface area is 124 Å². The molecule has 0 spiro atoms. The molecular formula is C16H22FNO3. The van der Waals surface area contributed by atoms with Crippen LogP contribution < -0.4 is 0 Å². The van der Waals surface area contributed by atoms with E-state index in [0.717, 1.165) is 12.0 Å². The summed E-state index contributed by atoms with van der Waals surface area (Å²) < 4.78 is 23.9. The topological polar surface area (TPSA) is 38.8 Å². The fourth-order valence-corrected chi connectivity index (χ4v) is 2.39. The highest BCUT2D eigenvalue weighted by Crippen LogP contribution is 2.09. The van der Waals surface area contributed by atoms with Gasteiger partial charge in [0.1, 0.15) is 5.82 Å². The molecule has 1 fully saturated rings. The Morgan fingerprint density at radius 2 is 2.24 bits per heavy atom. The molecule has 2 rings (SSSR count). The lowest BCUT2D eigenvalue weighted by molar-refractivity contribution is -0.158. The number of hydrogen-bond acceptors (Lipinski definition) is 3. The molecule has 1 unspecified atom stereocenters. The van der Waals surface area contributed by atoms with Crippen molar-refractivity contribution in [2.75, 3.05) is 32.9 Å². The molecule has 1 aromatic carbocycles. The Bertz CT molecular complexity index is 461. The van der Waals surface area contributed by atoms with Crippen LogP contribution in [0.2, 0.25) is 0 Å². The van der Waals surface area contributed by atoms with Crippen LogP contribution in [0.15, 0.2) is 24.3 Å². The van der Waals surface area contributed by atoms with Crippen molar-refractivity contribution in [3.8, 4) is 0 Å². The largest absolute Gasteiger partial charge is 0.376 e. The quantitative estimate of drug-likeness (QED) is 0.806. The molecule has 116 valence electrons. The second kappa shape index (κ2) is 8.10. The average molecular weight is 295 g/mol. The van der Waals surface area contributed by atoms with Crippen molar-refractivity contribution in [3.05, 3.63) is 35.6 Å². The Balaban J connectivity index is 1.93. The minimum Gasteiger partial charge on any atom is -0.376 e. The van der Waals surface area contributed by atoms with Gasteiger partial charge in [0.2, 0.25) is 0 Å². The van der Waals surface area contributed by atoms with E-state index in [1.54, 1.807) is 11.0 Å². The second-order valence-electron chi connectivity index (χ2n) is 5.14.